The average molecular weight is 527 g/mol. The second-order valence-electron chi connectivity index (χ2n) is 11.0. The van der Waals surface area contributed by atoms with Crippen LogP contribution in [0.4, 0.5) is 0 Å². The zero-order chi connectivity index (χ0) is 26.0. The fraction of sp³-hybridized carbons (Fsp3) is 0.552. The predicted octanol–water partition coefficient (Wildman–Crippen LogP) is 4.82. The third-order valence-electron chi connectivity index (χ3n) is 8.60. The summed E-state index contributed by atoms with van der Waals surface area (Å²) < 4.78 is 38.2. The van der Waals surface area contributed by atoms with E-state index in [9.17, 15) is 13.2 Å². The van der Waals surface area contributed by atoms with Crippen LogP contribution >= 0.6 is 0 Å². The molecule has 2 saturated heterocycles. The van der Waals surface area contributed by atoms with E-state index >= 15 is 0 Å². The van der Waals surface area contributed by atoms with Crippen LogP contribution in [0.1, 0.15) is 68.3 Å². The van der Waals surface area contributed by atoms with Crippen molar-refractivity contribution in [3.8, 4) is 5.75 Å². The van der Waals surface area contributed by atoms with Crippen LogP contribution in [0.2, 0.25) is 0 Å². The highest BCUT2D eigenvalue weighted by molar-refractivity contribution is 7.90. The minimum atomic E-state index is -3.89. The van der Waals surface area contributed by atoms with Crippen molar-refractivity contribution in [2.75, 3.05) is 33.0 Å². The van der Waals surface area contributed by atoms with Crippen molar-refractivity contribution >= 4 is 15.9 Å². The van der Waals surface area contributed by atoms with Gasteiger partial charge in [-0.1, -0.05) is 38.1 Å². The monoisotopic (exact) mass is 526 g/mol. The summed E-state index contributed by atoms with van der Waals surface area (Å²) in [4.78, 5) is 15.3. The maximum Gasteiger partial charge on any atom is 0.271 e. The van der Waals surface area contributed by atoms with Crippen molar-refractivity contribution in [3.63, 3.8) is 0 Å². The molecular weight excluding hydrogens is 488 g/mol. The Morgan fingerprint density at radius 1 is 1.14 bits per heavy atom. The van der Waals surface area contributed by atoms with E-state index in [1.54, 1.807) is 12.1 Å². The molecule has 200 valence electrons. The van der Waals surface area contributed by atoms with Crippen molar-refractivity contribution in [2.45, 2.75) is 68.8 Å². The van der Waals surface area contributed by atoms with Crippen LogP contribution in [0.5, 0.6) is 5.75 Å². The fourth-order valence-corrected chi connectivity index (χ4v) is 7.39. The normalized spacial score (nSPS) is 27.7. The van der Waals surface area contributed by atoms with Gasteiger partial charge in [-0.2, -0.15) is 4.31 Å². The fourth-order valence-electron chi connectivity index (χ4n) is 5.96. The van der Waals surface area contributed by atoms with Crippen LogP contribution in [0.3, 0.4) is 0 Å². The molecule has 0 N–H and O–H groups in total. The molecule has 1 amide bonds. The number of hydrogen-bond donors (Lipinski definition) is 0. The molecule has 3 unspecified atom stereocenters. The first-order valence-corrected chi connectivity index (χ1v) is 15.0. The van der Waals surface area contributed by atoms with Crippen LogP contribution in [0, 0.1) is 5.92 Å². The lowest BCUT2D eigenvalue weighted by atomic mass is 9.68. The molecule has 0 spiro atoms. The molecule has 3 atom stereocenters. The minimum Gasteiger partial charge on any atom is -0.472 e. The molecular formula is C29H38N2O5S. The largest absolute Gasteiger partial charge is 0.472 e. The Morgan fingerprint density at radius 3 is 2.73 bits per heavy atom. The minimum absolute atomic E-state index is 0.00583. The number of carbonyl (C=O) groups excluding carboxylic acids is 1. The lowest BCUT2D eigenvalue weighted by Gasteiger charge is -2.45. The van der Waals surface area contributed by atoms with E-state index in [4.69, 9.17) is 9.47 Å². The lowest BCUT2D eigenvalue weighted by Crippen LogP contribution is -2.47. The summed E-state index contributed by atoms with van der Waals surface area (Å²) in [6, 6.07) is 14.2. The Kier molecular flexibility index (Phi) is 7.61. The molecule has 8 heteroatoms. The third kappa shape index (κ3) is 5.29. The van der Waals surface area contributed by atoms with Crippen molar-refractivity contribution in [1.29, 1.82) is 0 Å². The van der Waals surface area contributed by atoms with Gasteiger partial charge in [-0.05, 0) is 92.8 Å². The van der Waals surface area contributed by atoms with E-state index in [2.05, 4.69) is 24.8 Å². The van der Waals surface area contributed by atoms with Gasteiger partial charge in [-0.15, -0.1) is 0 Å². The number of sulfonamides is 1. The number of benzene rings is 2. The SMILES string of the molecule is CC1CN(CCCC2CCCCO2)CCC1(C)c1cccc(OCN2C(=O)c3ccccc3S2(=O)=O)c1. The summed E-state index contributed by atoms with van der Waals surface area (Å²) in [6.45, 7) is 8.42. The number of likely N-dealkylation sites (tertiary alicyclic amines) is 1. The molecule has 0 saturated carbocycles. The first-order chi connectivity index (χ1) is 17.8. The first kappa shape index (κ1) is 26.2. The number of rotatable bonds is 8. The van der Waals surface area contributed by atoms with Gasteiger partial charge in [0.2, 0.25) is 0 Å². The Balaban J connectivity index is 1.18. The molecule has 2 aromatic carbocycles. The van der Waals surface area contributed by atoms with Crippen LogP contribution < -0.4 is 4.74 Å². The van der Waals surface area contributed by atoms with E-state index in [1.807, 2.05) is 18.2 Å². The van der Waals surface area contributed by atoms with Gasteiger partial charge in [0.05, 0.1) is 11.7 Å². The number of hydrogen-bond acceptors (Lipinski definition) is 6. The van der Waals surface area contributed by atoms with E-state index in [0.29, 0.717) is 17.8 Å². The van der Waals surface area contributed by atoms with Gasteiger partial charge >= 0.3 is 0 Å². The van der Waals surface area contributed by atoms with E-state index < -0.39 is 15.9 Å². The van der Waals surface area contributed by atoms with Gasteiger partial charge in [0, 0.05) is 13.2 Å². The molecule has 0 aliphatic carbocycles. The topological polar surface area (TPSA) is 76.2 Å². The first-order valence-electron chi connectivity index (χ1n) is 13.5. The van der Waals surface area contributed by atoms with Crippen molar-refractivity contribution < 1.29 is 22.7 Å². The lowest BCUT2D eigenvalue weighted by molar-refractivity contribution is 0.00721. The standard InChI is InChI=1S/C29H38N2O5S/c1-22-20-30(16-8-12-24-10-5-6-18-35-24)17-15-29(22,2)23-9-7-11-25(19-23)36-21-31-28(32)26-13-3-4-14-27(26)37(31,33)34/h3-4,7,9,11,13-14,19,22,24H,5-6,8,10,12,15-18,20-21H2,1-2H3. The van der Waals surface area contributed by atoms with Crippen molar-refractivity contribution in [2.24, 2.45) is 5.92 Å². The third-order valence-corrected chi connectivity index (χ3v) is 10.4. The summed E-state index contributed by atoms with van der Waals surface area (Å²) in [7, 11) is -3.89. The highest BCUT2D eigenvalue weighted by Gasteiger charge is 2.41. The van der Waals surface area contributed by atoms with Crippen LogP contribution in [-0.4, -0.2) is 62.6 Å². The van der Waals surface area contributed by atoms with Gasteiger partial charge in [-0.3, -0.25) is 4.79 Å². The van der Waals surface area contributed by atoms with Crippen LogP contribution in [-0.2, 0) is 20.2 Å². The Hall–Kier alpha value is -2.42. The second-order valence-corrected chi connectivity index (χ2v) is 12.8. The molecule has 37 heavy (non-hydrogen) atoms. The number of fused-ring (bicyclic) bond motifs is 1. The average Bonchev–Trinajstić information content (AvgIpc) is 3.10. The molecule has 5 rings (SSSR count). The second kappa shape index (κ2) is 10.8. The van der Waals surface area contributed by atoms with E-state index in [0.717, 1.165) is 43.4 Å². The van der Waals surface area contributed by atoms with E-state index in [1.165, 1.54) is 43.4 Å². The maximum absolute atomic E-state index is 12.8. The number of ether oxygens (including phenoxy) is 2. The Bertz CT molecular complexity index is 1230. The summed E-state index contributed by atoms with van der Waals surface area (Å²) >= 11 is 0. The van der Waals surface area contributed by atoms with E-state index in [-0.39, 0.29) is 22.6 Å². The Morgan fingerprint density at radius 2 is 1.97 bits per heavy atom. The molecule has 2 fully saturated rings. The number of piperidine rings is 1. The Labute approximate surface area is 220 Å². The molecule has 7 nitrogen and oxygen atoms in total. The highest BCUT2D eigenvalue weighted by Crippen LogP contribution is 2.40. The number of nitrogens with zero attached hydrogens (tertiary/aromatic N) is 2. The van der Waals surface area contributed by atoms with Crippen LogP contribution in [0.15, 0.2) is 53.4 Å². The summed E-state index contributed by atoms with van der Waals surface area (Å²) in [6.07, 6.45) is 7.54. The molecule has 0 aromatic heterocycles. The smallest absolute Gasteiger partial charge is 0.271 e. The predicted molar refractivity (Wildman–Crippen MR) is 142 cm³/mol. The quantitative estimate of drug-likeness (QED) is 0.491. The highest BCUT2D eigenvalue weighted by atomic mass is 32.2. The molecule has 0 radical (unpaired) electrons. The van der Waals surface area contributed by atoms with Gasteiger partial charge in [0.15, 0.2) is 6.73 Å². The number of carbonyl (C=O) groups is 1. The van der Waals surface area contributed by atoms with Gasteiger partial charge in [0.1, 0.15) is 10.6 Å². The molecule has 3 aliphatic rings. The van der Waals surface area contributed by atoms with Gasteiger partial charge in [0.25, 0.3) is 15.9 Å². The zero-order valence-corrected chi connectivity index (χ0v) is 22.7. The summed E-state index contributed by atoms with van der Waals surface area (Å²) in [5.74, 6) is 0.479. The molecule has 3 heterocycles. The van der Waals surface area contributed by atoms with Crippen molar-refractivity contribution in [1.82, 2.24) is 9.21 Å². The van der Waals surface area contributed by atoms with Crippen LogP contribution in [0.25, 0.3) is 0 Å². The van der Waals surface area contributed by atoms with Crippen molar-refractivity contribution in [3.05, 3.63) is 59.7 Å². The molecule has 3 aliphatic heterocycles. The maximum atomic E-state index is 12.8. The van der Waals surface area contributed by atoms with Gasteiger partial charge < -0.3 is 14.4 Å². The zero-order valence-electron chi connectivity index (χ0n) is 21.9. The van der Waals surface area contributed by atoms with Gasteiger partial charge in [-0.25, -0.2) is 8.42 Å². The molecule has 0 bridgehead atoms. The number of amides is 1. The summed E-state index contributed by atoms with van der Waals surface area (Å²) in [5.41, 5.74) is 1.37. The molecule has 2 aromatic rings. The summed E-state index contributed by atoms with van der Waals surface area (Å²) in [5, 5.41) is 0.